The predicted octanol–water partition coefficient (Wildman–Crippen LogP) is 3.54. The van der Waals surface area contributed by atoms with E-state index >= 15 is 0 Å². The number of pyridine rings is 1. The molecule has 0 bridgehead atoms. The summed E-state index contributed by atoms with van der Waals surface area (Å²) in [6.45, 7) is 8.66. The Balaban J connectivity index is 0.00000147. The van der Waals surface area contributed by atoms with Crippen LogP contribution in [0.3, 0.4) is 0 Å². The van der Waals surface area contributed by atoms with Gasteiger partial charge in [0.05, 0.1) is 23.2 Å². The van der Waals surface area contributed by atoms with Crippen LogP contribution in [0.4, 0.5) is 13.2 Å². The Morgan fingerprint density at radius 1 is 1.12 bits per heavy atom. The number of carbonyl (C=O) groups is 2. The summed E-state index contributed by atoms with van der Waals surface area (Å²) in [4.78, 5) is 30.5. The Morgan fingerprint density at radius 3 is 2.20 bits per heavy atom. The van der Waals surface area contributed by atoms with E-state index in [2.05, 4.69) is 15.0 Å². The number of likely N-dealkylation sites (tertiary alicyclic amines) is 1. The Hall–Kier alpha value is -3.16. The van der Waals surface area contributed by atoms with Crippen LogP contribution in [0.5, 0.6) is 11.6 Å². The highest BCUT2D eigenvalue weighted by Crippen LogP contribution is 2.36. The van der Waals surface area contributed by atoms with Gasteiger partial charge in [-0.15, -0.1) is 13.2 Å². The summed E-state index contributed by atoms with van der Waals surface area (Å²) in [5.74, 6) is -0.253. The molecule has 1 aromatic carbocycles. The highest BCUT2D eigenvalue weighted by atomic mass is 19.4. The first-order valence-electron chi connectivity index (χ1n) is 13.4. The molecular formula is C28H37BF3N3O6. The topological polar surface area (TPSA) is 99.2 Å². The number of ether oxygens (including phenoxy) is 2. The molecule has 13 heteroatoms. The molecule has 0 unspecified atom stereocenters. The second-order valence-electron chi connectivity index (χ2n) is 10.9. The van der Waals surface area contributed by atoms with Crippen LogP contribution in [-0.2, 0) is 20.5 Å². The lowest BCUT2D eigenvalue weighted by Gasteiger charge is -2.32. The molecule has 9 nitrogen and oxygen atoms in total. The maximum Gasteiger partial charge on any atom is 0.573 e. The van der Waals surface area contributed by atoms with E-state index in [1.165, 1.54) is 24.3 Å². The van der Waals surface area contributed by atoms with Crippen molar-refractivity contribution in [1.82, 2.24) is 15.2 Å². The Morgan fingerprint density at radius 2 is 1.68 bits per heavy atom. The highest BCUT2D eigenvalue weighted by Gasteiger charge is 2.52. The molecule has 2 saturated heterocycles. The number of amides is 1. The molecule has 2 aliphatic heterocycles. The Kier molecular flexibility index (Phi) is 10.4. The van der Waals surface area contributed by atoms with E-state index in [4.69, 9.17) is 14.0 Å². The summed E-state index contributed by atoms with van der Waals surface area (Å²) in [5, 5.41) is 2.75. The number of nitrogens with zero attached hydrogens (tertiary/aromatic N) is 2. The summed E-state index contributed by atoms with van der Waals surface area (Å²) >= 11 is 0. The van der Waals surface area contributed by atoms with Gasteiger partial charge in [0.15, 0.2) is 6.29 Å². The number of piperidine rings is 1. The van der Waals surface area contributed by atoms with Gasteiger partial charge in [-0.3, -0.25) is 9.59 Å². The van der Waals surface area contributed by atoms with Gasteiger partial charge in [-0.2, -0.15) is 0 Å². The molecule has 0 aliphatic carbocycles. The van der Waals surface area contributed by atoms with E-state index in [0.717, 1.165) is 0 Å². The lowest BCUT2D eigenvalue weighted by molar-refractivity contribution is -0.274. The fourth-order valence-corrected chi connectivity index (χ4v) is 4.25. The van der Waals surface area contributed by atoms with Crippen LogP contribution in [0.2, 0.25) is 0 Å². The number of halogens is 3. The van der Waals surface area contributed by atoms with Crippen LogP contribution < -0.4 is 20.3 Å². The van der Waals surface area contributed by atoms with Gasteiger partial charge in [-0.1, -0.05) is 12.1 Å². The Labute approximate surface area is 238 Å². The van der Waals surface area contributed by atoms with Crippen molar-refractivity contribution in [2.75, 3.05) is 27.2 Å². The maximum atomic E-state index is 12.7. The van der Waals surface area contributed by atoms with E-state index in [9.17, 15) is 22.8 Å². The largest absolute Gasteiger partial charge is 0.573 e. The van der Waals surface area contributed by atoms with Crippen molar-refractivity contribution < 1.29 is 41.5 Å². The summed E-state index contributed by atoms with van der Waals surface area (Å²) < 4.78 is 58.9. The number of rotatable bonds is 7. The molecule has 0 spiro atoms. The number of nitrogens with one attached hydrogen (secondary N) is 1. The molecule has 2 aromatic rings. The number of hydrogen-bond donors (Lipinski definition) is 1. The minimum atomic E-state index is -4.76. The third kappa shape index (κ3) is 8.67. The molecule has 2 fully saturated rings. The van der Waals surface area contributed by atoms with Crippen molar-refractivity contribution in [2.45, 2.75) is 70.6 Å². The molecule has 3 heterocycles. The van der Waals surface area contributed by atoms with Gasteiger partial charge < -0.3 is 29.0 Å². The molecule has 41 heavy (non-hydrogen) atoms. The van der Waals surface area contributed by atoms with E-state index in [-0.39, 0.29) is 35.6 Å². The van der Waals surface area contributed by atoms with Crippen LogP contribution in [0, 0.1) is 0 Å². The second kappa shape index (κ2) is 13.2. The first-order chi connectivity index (χ1) is 19.2. The highest BCUT2D eigenvalue weighted by molar-refractivity contribution is 6.62. The maximum absolute atomic E-state index is 12.7. The number of aromatic nitrogens is 1. The van der Waals surface area contributed by atoms with Gasteiger partial charge in [0.2, 0.25) is 11.8 Å². The normalized spacial score (nSPS) is 18.4. The third-order valence-corrected chi connectivity index (χ3v) is 7.14. The van der Waals surface area contributed by atoms with Crippen molar-refractivity contribution in [3.05, 3.63) is 47.7 Å². The van der Waals surface area contributed by atoms with Crippen molar-refractivity contribution in [3.8, 4) is 11.6 Å². The molecule has 1 amide bonds. The van der Waals surface area contributed by atoms with Crippen LogP contribution in [0.1, 0.15) is 56.5 Å². The van der Waals surface area contributed by atoms with E-state index in [0.29, 0.717) is 43.2 Å². The van der Waals surface area contributed by atoms with Crippen molar-refractivity contribution in [2.24, 2.45) is 0 Å². The van der Waals surface area contributed by atoms with Crippen LogP contribution >= 0.6 is 0 Å². The standard InChI is InChI=1S/C26H30BF3N2O6.C2H7N/c1-24(2)25(3,4)38-27(37-24)19-14-18(16-33)23(31-15-19)35-20-9-11-32(12-10-20)22(34)13-17-5-7-21(8-6-17)36-26(28,29)30;1-3-2/h5-8,14-16,20H,9-13H2,1-4H3;3H,1-2H3. The number of aldehydes is 1. The fraction of sp³-hybridized carbons (Fsp3) is 0.536. The van der Waals surface area contributed by atoms with Crippen molar-refractivity contribution in [1.29, 1.82) is 0 Å². The van der Waals surface area contributed by atoms with Crippen LogP contribution in [-0.4, -0.2) is 80.0 Å². The summed E-state index contributed by atoms with van der Waals surface area (Å²) in [6, 6.07) is 6.90. The zero-order valence-corrected chi connectivity index (χ0v) is 24.2. The van der Waals surface area contributed by atoms with E-state index < -0.39 is 24.7 Å². The zero-order chi connectivity index (χ0) is 30.4. The van der Waals surface area contributed by atoms with E-state index in [1.807, 2.05) is 41.8 Å². The summed E-state index contributed by atoms with van der Waals surface area (Å²) in [5.41, 5.74) is 0.449. The zero-order valence-electron chi connectivity index (χ0n) is 24.2. The molecular weight excluding hydrogens is 542 g/mol. The lowest BCUT2D eigenvalue weighted by atomic mass is 9.80. The molecule has 2 aliphatic rings. The van der Waals surface area contributed by atoms with Gasteiger partial charge in [0, 0.05) is 37.6 Å². The first kappa shape index (κ1) is 32.4. The monoisotopic (exact) mass is 579 g/mol. The van der Waals surface area contributed by atoms with Gasteiger partial charge in [-0.25, -0.2) is 4.98 Å². The average molecular weight is 579 g/mol. The third-order valence-electron chi connectivity index (χ3n) is 7.14. The minimum absolute atomic E-state index is 0.0645. The molecule has 4 rings (SSSR count). The summed E-state index contributed by atoms with van der Waals surface area (Å²) in [6.07, 6.45) is -1.58. The van der Waals surface area contributed by atoms with Crippen molar-refractivity contribution in [3.63, 3.8) is 0 Å². The molecule has 1 N–H and O–H groups in total. The van der Waals surface area contributed by atoms with Crippen LogP contribution in [0.25, 0.3) is 0 Å². The van der Waals surface area contributed by atoms with Crippen molar-refractivity contribution >= 4 is 24.8 Å². The minimum Gasteiger partial charge on any atom is -0.474 e. The smallest absolute Gasteiger partial charge is 0.474 e. The lowest BCUT2D eigenvalue weighted by Crippen LogP contribution is -2.42. The molecule has 0 atom stereocenters. The Bertz CT molecular complexity index is 1170. The number of benzene rings is 1. The first-order valence-corrected chi connectivity index (χ1v) is 13.4. The van der Waals surface area contributed by atoms with E-state index in [1.54, 1.807) is 17.2 Å². The van der Waals surface area contributed by atoms with Gasteiger partial charge in [0.25, 0.3) is 0 Å². The second-order valence-corrected chi connectivity index (χ2v) is 10.9. The molecule has 224 valence electrons. The van der Waals surface area contributed by atoms with Crippen LogP contribution in [0.15, 0.2) is 36.5 Å². The molecule has 0 saturated carbocycles. The number of hydrogen-bond acceptors (Lipinski definition) is 8. The summed E-state index contributed by atoms with van der Waals surface area (Å²) in [7, 11) is 3.10. The average Bonchev–Trinajstić information content (AvgIpc) is 3.12. The molecule has 0 radical (unpaired) electrons. The quantitative estimate of drug-likeness (QED) is 0.393. The van der Waals surface area contributed by atoms with Gasteiger partial charge in [-0.05, 0) is 65.6 Å². The predicted molar refractivity (Wildman–Crippen MR) is 147 cm³/mol. The SMILES string of the molecule is CC1(C)OB(c2cnc(OC3CCN(C(=O)Cc4ccc(OC(F)(F)F)cc4)CC3)c(C=O)c2)OC1(C)C.CNC. The van der Waals surface area contributed by atoms with Gasteiger partial charge >= 0.3 is 13.5 Å². The number of alkyl halides is 3. The fourth-order valence-electron chi connectivity index (χ4n) is 4.25. The number of carbonyl (C=O) groups excluding carboxylic acids is 2. The van der Waals surface area contributed by atoms with Gasteiger partial charge in [0.1, 0.15) is 11.9 Å². The molecule has 1 aromatic heterocycles.